The van der Waals surface area contributed by atoms with E-state index in [1.165, 1.54) is 19.3 Å². The minimum Gasteiger partial charge on any atom is -0.330 e. The zero-order valence-corrected chi connectivity index (χ0v) is 15.7. The van der Waals surface area contributed by atoms with Crippen LogP contribution in [0.3, 0.4) is 0 Å². The first-order valence-corrected chi connectivity index (χ1v) is 9.47. The molecule has 2 fully saturated rings. The third kappa shape index (κ3) is 3.15. The van der Waals surface area contributed by atoms with E-state index in [4.69, 9.17) is 0 Å². The van der Waals surface area contributed by atoms with Crippen molar-refractivity contribution in [3.63, 3.8) is 0 Å². The monoisotopic (exact) mass is 462 g/mol. The number of amides is 1. The van der Waals surface area contributed by atoms with Crippen molar-refractivity contribution in [3.8, 4) is 0 Å². The molecule has 0 bridgehead atoms. The number of carbonyl (C=O) groups is 1. The van der Waals surface area contributed by atoms with Crippen LogP contribution in [-0.4, -0.2) is 36.0 Å². The first-order valence-electron chi connectivity index (χ1n) is 7.60. The number of halogens is 2. The molecule has 0 atom stereocenters. The van der Waals surface area contributed by atoms with Crippen molar-refractivity contribution in [2.75, 3.05) is 19.6 Å². The molecule has 0 unspecified atom stereocenters. The van der Waals surface area contributed by atoms with E-state index in [0.717, 1.165) is 46.1 Å². The smallest absolute Gasteiger partial charge is 0.255 e. The third-order valence-electron chi connectivity index (χ3n) is 4.73. The lowest BCUT2D eigenvalue weighted by molar-refractivity contribution is 0.0221. The van der Waals surface area contributed by atoms with Gasteiger partial charge in [-0.3, -0.25) is 4.79 Å². The lowest BCUT2D eigenvalue weighted by Gasteiger charge is -2.50. The first kappa shape index (κ1) is 15.7. The normalized spacial score (nSPS) is 21.5. The Balaban J connectivity index is 1.92. The third-order valence-corrected chi connectivity index (χ3v) is 6.16. The van der Waals surface area contributed by atoms with Gasteiger partial charge in [0.1, 0.15) is 0 Å². The number of piperazine rings is 1. The Morgan fingerprint density at radius 2 is 2.05 bits per heavy atom. The maximum atomic E-state index is 13.1. The second-order valence-corrected chi connectivity index (χ2v) is 8.12. The van der Waals surface area contributed by atoms with Gasteiger partial charge in [-0.1, -0.05) is 35.2 Å². The quantitative estimate of drug-likeness (QED) is 0.643. The van der Waals surface area contributed by atoms with Gasteiger partial charge < -0.3 is 10.2 Å². The van der Waals surface area contributed by atoms with Crippen LogP contribution >= 0.6 is 38.5 Å². The van der Waals surface area contributed by atoms with E-state index < -0.39 is 0 Å². The zero-order valence-electron chi connectivity index (χ0n) is 12.0. The van der Waals surface area contributed by atoms with Crippen LogP contribution in [-0.2, 0) is 0 Å². The van der Waals surface area contributed by atoms with E-state index >= 15 is 0 Å². The average molecular weight is 463 g/mol. The predicted octanol–water partition coefficient (Wildman–Crippen LogP) is 3.80. The van der Waals surface area contributed by atoms with Crippen molar-refractivity contribution in [2.45, 2.75) is 37.6 Å². The maximum absolute atomic E-state index is 13.1. The van der Waals surface area contributed by atoms with Crippen LogP contribution in [0.1, 0.15) is 42.5 Å². The van der Waals surface area contributed by atoms with Gasteiger partial charge in [0.25, 0.3) is 5.91 Å². The SMILES string of the molecule is O=C(c1cc(Br)ccc1I)N1CCNCC12CCCCC2. The molecule has 1 saturated carbocycles. The highest BCUT2D eigenvalue weighted by Gasteiger charge is 2.42. The van der Waals surface area contributed by atoms with Gasteiger partial charge in [0.05, 0.1) is 11.1 Å². The highest BCUT2D eigenvalue weighted by Crippen LogP contribution is 2.36. The van der Waals surface area contributed by atoms with Crippen LogP contribution in [0.5, 0.6) is 0 Å². The van der Waals surface area contributed by atoms with Crippen LogP contribution in [0.15, 0.2) is 22.7 Å². The molecule has 21 heavy (non-hydrogen) atoms. The molecular weight excluding hydrogens is 443 g/mol. The summed E-state index contributed by atoms with van der Waals surface area (Å²) in [5.41, 5.74) is 0.871. The molecule has 1 amide bonds. The summed E-state index contributed by atoms with van der Waals surface area (Å²) in [6.45, 7) is 2.67. The van der Waals surface area contributed by atoms with Crippen LogP contribution in [0.2, 0.25) is 0 Å². The lowest BCUT2D eigenvalue weighted by Crippen LogP contribution is -2.63. The number of benzene rings is 1. The van der Waals surface area contributed by atoms with Crippen molar-refractivity contribution < 1.29 is 4.79 Å². The van der Waals surface area contributed by atoms with Gasteiger partial charge >= 0.3 is 0 Å². The Labute approximate surface area is 148 Å². The van der Waals surface area contributed by atoms with Gasteiger partial charge in [-0.15, -0.1) is 0 Å². The molecular formula is C16H20BrIN2O. The van der Waals surface area contributed by atoms with Gasteiger partial charge in [-0.2, -0.15) is 0 Å². The van der Waals surface area contributed by atoms with Gasteiger partial charge in [0.15, 0.2) is 0 Å². The Bertz CT molecular complexity index is 535. The number of nitrogens with zero attached hydrogens (tertiary/aromatic N) is 1. The molecule has 2 aliphatic rings. The molecule has 0 aromatic heterocycles. The van der Waals surface area contributed by atoms with E-state index in [-0.39, 0.29) is 11.4 Å². The Hall–Kier alpha value is -0.140. The summed E-state index contributed by atoms with van der Waals surface area (Å²) < 4.78 is 2.00. The molecule has 1 aliphatic heterocycles. The van der Waals surface area contributed by atoms with Gasteiger partial charge in [-0.25, -0.2) is 0 Å². The minimum absolute atomic E-state index is 0.0407. The van der Waals surface area contributed by atoms with Crippen LogP contribution < -0.4 is 5.32 Å². The number of nitrogens with one attached hydrogen (secondary N) is 1. The Morgan fingerprint density at radius 3 is 2.81 bits per heavy atom. The number of carbonyl (C=O) groups excluding carboxylic acids is 1. The summed E-state index contributed by atoms with van der Waals surface area (Å²) in [5, 5.41) is 3.50. The van der Waals surface area contributed by atoms with E-state index in [2.05, 4.69) is 48.7 Å². The van der Waals surface area contributed by atoms with Crippen molar-refractivity contribution in [1.29, 1.82) is 0 Å². The predicted molar refractivity (Wildman–Crippen MR) is 96.6 cm³/mol. The van der Waals surface area contributed by atoms with E-state index in [9.17, 15) is 4.79 Å². The van der Waals surface area contributed by atoms with Crippen LogP contribution in [0.4, 0.5) is 0 Å². The fourth-order valence-corrected chi connectivity index (χ4v) is 4.55. The number of hydrogen-bond acceptors (Lipinski definition) is 2. The van der Waals surface area contributed by atoms with E-state index in [0.29, 0.717) is 0 Å². The number of rotatable bonds is 1. The summed E-state index contributed by atoms with van der Waals surface area (Å²) in [7, 11) is 0. The van der Waals surface area contributed by atoms with Crippen LogP contribution in [0.25, 0.3) is 0 Å². The van der Waals surface area contributed by atoms with Crippen molar-refractivity contribution in [1.82, 2.24) is 10.2 Å². The van der Waals surface area contributed by atoms with Crippen LogP contribution in [0, 0.1) is 3.57 Å². The highest BCUT2D eigenvalue weighted by molar-refractivity contribution is 14.1. The van der Waals surface area contributed by atoms with E-state index in [1.807, 2.05) is 18.2 Å². The summed E-state index contributed by atoms with van der Waals surface area (Å²) in [6, 6.07) is 5.96. The molecule has 114 valence electrons. The summed E-state index contributed by atoms with van der Waals surface area (Å²) in [5.74, 6) is 0.198. The van der Waals surface area contributed by atoms with Crippen molar-refractivity contribution in [2.24, 2.45) is 0 Å². The molecule has 3 nitrogen and oxygen atoms in total. The standard InChI is InChI=1S/C16H20BrIN2O/c17-12-4-5-14(18)13(10-12)15(21)20-9-8-19-11-16(20)6-2-1-3-7-16/h4-5,10,19H,1-3,6-9,11H2. The van der Waals surface area contributed by atoms with Gasteiger partial charge in [0, 0.05) is 27.7 Å². The van der Waals surface area contributed by atoms with Crippen molar-refractivity contribution in [3.05, 3.63) is 31.8 Å². The largest absolute Gasteiger partial charge is 0.330 e. The zero-order chi connectivity index (χ0) is 14.9. The molecule has 1 aromatic carbocycles. The number of hydrogen-bond donors (Lipinski definition) is 1. The van der Waals surface area contributed by atoms with Gasteiger partial charge in [0.2, 0.25) is 0 Å². The molecule has 1 spiro atoms. The molecule has 1 N–H and O–H groups in total. The summed E-state index contributed by atoms with van der Waals surface area (Å²) in [4.78, 5) is 15.3. The van der Waals surface area contributed by atoms with Gasteiger partial charge in [-0.05, 0) is 53.6 Å². The first-order chi connectivity index (χ1) is 10.1. The average Bonchev–Trinajstić information content (AvgIpc) is 2.50. The summed E-state index contributed by atoms with van der Waals surface area (Å²) in [6.07, 6.45) is 6.05. The Kier molecular flexibility index (Phi) is 4.90. The fraction of sp³-hybridized carbons (Fsp3) is 0.562. The fourth-order valence-electron chi connectivity index (χ4n) is 3.62. The maximum Gasteiger partial charge on any atom is 0.255 e. The Morgan fingerprint density at radius 1 is 1.29 bits per heavy atom. The molecule has 1 aliphatic carbocycles. The lowest BCUT2D eigenvalue weighted by atomic mass is 9.78. The van der Waals surface area contributed by atoms with E-state index in [1.54, 1.807) is 0 Å². The molecule has 3 rings (SSSR count). The molecule has 0 radical (unpaired) electrons. The summed E-state index contributed by atoms with van der Waals surface area (Å²) >= 11 is 5.75. The molecule has 1 heterocycles. The second-order valence-electron chi connectivity index (χ2n) is 6.04. The topological polar surface area (TPSA) is 32.3 Å². The minimum atomic E-state index is 0.0407. The second kappa shape index (κ2) is 6.54. The molecule has 1 saturated heterocycles. The van der Waals surface area contributed by atoms with Crippen molar-refractivity contribution >= 4 is 44.4 Å². The molecule has 1 aromatic rings. The highest BCUT2D eigenvalue weighted by atomic mass is 127. The molecule has 5 heteroatoms.